The molecule has 1 aromatic rings. The lowest BCUT2D eigenvalue weighted by Crippen LogP contribution is -2.54. The van der Waals surface area contributed by atoms with Gasteiger partial charge in [0, 0.05) is 63.0 Å². The average Bonchev–Trinajstić information content (AvgIpc) is 3.37. The number of aromatic hydroxyl groups is 1. The van der Waals surface area contributed by atoms with Gasteiger partial charge in [0.15, 0.2) is 0 Å². The molecule has 1 aliphatic carbocycles. The van der Waals surface area contributed by atoms with Crippen LogP contribution in [-0.2, 0) is 9.59 Å². The minimum absolute atomic E-state index is 0.0958. The van der Waals surface area contributed by atoms with E-state index in [1.54, 1.807) is 18.2 Å². The fraction of sp³-hybridized carbons (Fsp3) is 0.658. The largest absolute Gasteiger partial charge is 0.508 e. The molecule has 1 aromatic carbocycles. The summed E-state index contributed by atoms with van der Waals surface area (Å²) < 4.78 is 0. The molecule has 1 unspecified atom stereocenters. The normalized spacial score (nSPS) is 16.0. The summed E-state index contributed by atoms with van der Waals surface area (Å²) in [4.78, 5) is 31.2. The van der Waals surface area contributed by atoms with Crippen molar-refractivity contribution in [2.24, 2.45) is 10.7 Å². The maximum absolute atomic E-state index is 13.1. The van der Waals surface area contributed by atoms with Crippen LogP contribution in [0.1, 0.15) is 105 Å². The molecule has 2 fully saturated rings. The van der Waals surface area contributed by atoms with Gasteiger partial charge in [-0.1, -0.05) is 71.6 Å². The molecule has 6 N–H and O–H groups in total. The van der Waals surface area contributed by atoms with Gasteiger partial charge in [-0.3, -0.25) is 14.6 Å². The number of aryl methyl sites for hydroxylation is 1. The third-order valence-electron chi connectivity index (χ3n) is 7.39. The number of aliphatic carboxylic acids is 1. The number of benzene rings is 1. The summed E-state index contributed by atoms with van der Waals surface area (Å²) in [7, 11) is 1.50. The molecule has 1 saturated heterocycles. The molecule has 3 rings (SSSR count). The van der Waals surface area contributed by atoms with E-state index >= 15 is 0 Å². The van der Waals surface area contributed by atoms with Crippen LogP contribution in [0.2, 0.25) is 0 Å². The number of allylic oxidation sites excluding steroid dienone is 1. The summed E-state index contributed by atoms with van der Waals surface area (Å²) in [6.45, 7) is 25.8. The van der Waals surface area contributed by atoms with Crippen LogP contribution in [0, 0.1) is 6.92 Å². The number of phenolic OH excluding ortho intramolecular Hbond substituents is 1. The average molecular weight is 677 g/mol. The second kappa shape index (κ2) is 33.5. The smallest absolute Gasteiger partial charge is 0.300 e. The summed E-state index contributed by atoms with van der Waals surface area (Å²) >= 11 is 0. The quantitative estimate of drug-likeness (QED) is 0.0715. The molecule has 0 radical (unpaired) electrons. The fourth-order valence-electron chi connectivity index (χ4n) is 5.31. The Hall–Kier alpha value is -3.37. The lowest BCUT2D eigenvalue weighted by Gasteiger charge is -2.36. The number of hydrogen-bond donors (Lipinski definition) is 5. The van der Waals surface area contributed by atoms with E-state index in [0.29, 0.717) is 18.6 Å². The number of amides is 1. The first-order valence-electron chi connectivity index (χ1n) is 17.9. The van der Waals surface area contributed by atoms with Crippen molar-refractivity contribution in [2.45, 2.75) is 125 Å². The van der Waals surface area contributed by atoms with Crippen LogP contribution in [0.15, 0.2) is 48.5 Å². The van der Waals surface area contributed by atoms with E-state index in [1.807, 2.05) is 64.9 Å². The monoisotopic (exact) mass is 677 g/mol. The zero-order chi connectivity index (χ0) is 37.3. The van der Waals surface area contributed by atoms with Crippen molar-refractivity contribution < 1.29 is 19.8 Å². The molecular weight excluding hydrogens is 604 g/mol. The van der Waals surface area contributed by atoms with Gasteiger partial charge in [-0.05, 0) is 65.1 Å². The number of nitrogens with two attached hydrogens (primary N) is 1. The van der Waals surface area contributed by atoms with Crippen LogP contribution in [0.25, 0.3) is 0 Å². The zero-order valence-electron chi connectivity index (χ0n) is 31.9. The summed E-state index contributed by atoms with van der Waals surface area (Å²) in [6.07, 6.45) is 15.0. The molecule has 10 nitrogen and oxygen atoms in total. The maximum atomic E-state index is 13.1. The number of carbonyl (C=O) groups is 2. The van der Waals surface area contributed by atoms with Crippen molar-refractivity contribution in [1.82, 2.24) is 15.1 Å². The van der Waals surface area contributed by atoms with Gasteiger partial charge < -0.3 is 36.4 Å². The number of rotatable bonds is 11. The molecule has 0 aromatic heterocycles. The second-order valence-corrected chi connectivity index (χ2v) is 11.0. The van der Waals surface area contributed by atoms with Crippen LogP contribution in [0.3, 0.4) is 0 Å². The number of carboxylic acids is 1. The highest BCUT2D eigenvalue weighted by molar-refractivity contribution is 5.80. The van der Waals surface area contributed by atoms with Gasteiger partial charge in [-0.25, -0.2) is 0 Å². The Morgan fingerprint density at radius 3 is 2.25 bits per heavy atom. The van der Waals surface area contributed by atoms with E-state index in [0.717, 1.165) is 50.7 Å². The van der Waals surface area contributed by atoms with Gasteiger partial charge >= 0.3 is 0 Å². The van der Waals surface area contributed by atoms with Crippen molar-refractivity contribution >= 4 is 23.9 Å². The second-order valence-electron chi connectivity index (χ2n) is 11.0. The van der Waals surface area contributed by atoms with Crippen molar-refractivity contribution in [3.05, 3.63) is 49.1 Å². The standard InChI is InChI=1S/C28H45N5O2.C3H6.C2H4O2.2C2H6.CH5N/c1-4-9-23(3)33(24-10-7-5-6-8-11-24)21-30-20-28(35)32-17-16-29-19-25(32)14-15-31-27-18-26(34)13-12-22(27)2;1-3-2;1-2(3)4;3*1-2/h4,12-13,18,21,23-25,29,31,34H,1,5-11,14-17,19-20H2,2-3H3;3H,1H2,2H3;1H3,(H,3,4);2*1-2H3;2H2,1H3/t23?,25-;;;;;/m1...../s1. The maximum Gasteiger partial charge on any atom is 0.300 e. The van der Waals surface area contributed by atoms with Gasteiger partial charge in [0.2, 0.25) is 5.91 Å². The molecular formula is C38H72N6O4. The van der Waals surface area contributed by atoms with Crippen LogP contribution < -0.4 is 16.4 Å². The Morgan fingerprint density at radius 1 is 1.15 bits per heavy atom. The first-order chi connectivity index (χ1) is 23.1. The van der Waals surface area contributed by atoms with Gasteiger partial charge in [0.1, 0.15) is 12.3 Å². The highest BCUT2D eigenvalue weighted by Gasteiger charge is 2.26. The van der Waals surface area contributed by atoms with Crippen LogP contribution >= 0.6 is 0 Å². The van der Waals surface area contributed by atoms with E-state index in [-0.39, 0.29) is 24.2 Å². The van der Waals surface area contributed by atoms with Crippen LogP contribution in [0.4, 0.5) is 5.69 Å². The molecule has 1 heterocycles. The fourth-order valence-corrected chi connectivity index (χ4v) is 5.31. The SMILES string of the molecule is C=CC.C=CCC(C)N(C=NCC(=O)N1CCNC[C@H]1CCNc1cc(O)ccc1C)C1CCCCCC1.CC.CC.CC(=O)O.CN. The van der Waals surface area contributed by atoms with E-state index in [2.05, 4.69) is 46.3 Å². The number of carboxylic acid groups (broad SMARTS) is 1. The molecule has 0 spiro atoms. The summed E-state index contributed by atoms with van der Waals surface area (Å²) in [6, 6.07) is 6.33. The first kappa shape index (κ1) is 49.0. The number of piperazine rings is 1. The molecule has 48 heavy (non-hydrogen) atoms. The number of anilines is 1. The molecule has 2 aliphatic rings. The van der Waals surface area contributed by atoms with E-state index in [1.165, 1.54) is 45.6 Å². The Kier molecular flexibility index (Phi) is 34.2. The predicted octanol–water partition coefficient (Wildman–Crippen LogP) is 7.23. The minimum atomic E-state index is -0.833. The van der Waals surface area contributed by atoms with Crippen LogP contribution in [-0.4, -0.2) is 96.1 Å². The molecule has 278 valence electrons. The molecule has 2 atom stereocenters. The lowest BCUT2D eigenvalue weighted by molar-refractivity contribution is -0.134. The van der Waals surface area contributed by atoms with E-state index < -0.39 is 5.97 Å². The molecule has 1 saturated carbocycles. The Labute approximate surface area is 294 Å². The topological polar surface area (TPSA) is 144 Å². The van der Waals surface area contributed by atoms with Crippen LogP contribution in [0.5, 0.6) is 5.75 Å². The molecule has 0 bridgehead atoms. The number of carbonyl (C=O) groups excluding carboxylic acids is 1. The Morgan fingerprint density at radius 2 is 1.71 bits per heavy atom. The Bertz CT molecular complexity index is 976. The van der Waals surface area contributed by atoms with Gasteiger partial charge in [-0.2, -0.15) is 0 Å². The van der Waals surface area contributed by atoms with E-state index in [4.69, 9.17) is 9.90 Å². The van der Waals surface area contributed by atoms with Gasteiger partial charge in [0.05, 0.1) is 6.34 Å². The minimum Gasteiger partial charge on any atom is -0.508 e. The molecule has 1 amide bonds. The summed E-state index contributed by atoms with van der Waals surface area (Å²) in [5, 5.41) is 24.0. The van der Waals surface area contributed by atoms with Crippen molar-refractivity contribution in [3.8, 4) is 5.75 Å². The van der Waals surface area contributed by atoms with Gasteiger partial charge in [-0.15, -0.1) is 13.2 Å². The number of nitrogens with zero attached hydrogens (tertiary/aromatic N) is 3. The van der Waals surface area contributed by atoms with Gasteiger partial charge in [0.25, 0.3) is 5.97 Å². The Balaban J connectivity index is -0.00000136. The highest BCUT2D eigenvalue weighted by Crippen LogP contribution is 2.24. The lowest BCUT2D eigenvalue weighted by atomic mass is 10.0. The summed E-state index contributed by atoms with van der Waals surface area (Å²) in [5.74, 6) is -0.481. The van der Waals surface area contributed by atoms with Crippen molar-refractivity contribution in [2.75, 3.05) is 45.1 Å². The highest BCUT2D eigenvalue weighted by atomic mass is 16.4. The number of aliphatic imine (C=N–C) groups is 1. The summed E-state index contributed by atoms with van der Waals surface area (Å²) in [5.41, 5.74) is 6.53. The molecule has 10 heteroatoms. The number of nitrogens with one attached hydrogen (secondary N) is 2. The number of hydrogen-bond acceptors (Lipinski definition) is 7. The zero-order valence-corrected chi connectivity index (χ0v) is 31.9. The van der Waals surface area contributed by atoms with E-state index in [9.17, 15) is 9.90 Å². The third kappa shape index (κ3) is 23.0. The molecule has 1 aliphatic heterocycles. The first-order valence-corrected chi connectivity index (χ1v) is 17.9. The third-order valence-corrected chi connectivity index (χ3v) is 7.39. The number of phenols is 1. The van der Waals surface area contributed by atoms with Crippen molar-refractivity contribution in [3.63, 3.8) is 0 Å². The predicted molar refractivity (Wildman–Crippen MR) is 207 cm³/mol. The van der Waals surface area contributed by atoms with Crippen molar-refractivity contribution in [1.29, 1.82) is 0 Å².